The van der Waals surface area contributed by atoms with Crippen molar-refractivity contribution in [2.24, 2.45) is 0 Å². The summed E-state index contributed by atoms with van der Waals surface area (Å²) < 4.78 is 10.4. The Labute approximate surface area is 130 Å². The van der Waals surface area contributed by atoms with Crippen molar-refractivity contribution in [3.05, 3.63) is 23.8 Å². The van der Waals surface area contributed by atoms with E-state index in [0.717, 1.165) is 0 Å². The van der Waals surface area contributed by atoms with Gasteiger partial charge < -0.3 is 14.6 Å². The summed E-state index contributed by atoms with van der Waals surface area (Å²) in [5.74, 6) is -0.586. The van der Waals surface area contributed by atoms with E-state index in [9.17, 15) is 9.59 Å². The maximum absolute atomic E-state index is 11.9. The smallest absolute Gasteiger partial charge is 0.412 e. The third kappa shape index (κ3) is 5.63. The lowest BCUT2D eigenvalue weighted by Crippen LogP contribution is -2.27. The molecule has 1 atom stereocenters. The highest BCUT2D eigenvalue weighted by Crippen LogP contribution is 2.31. The van der Waals surface area contributed by atoms with Crippen LogP contribution in [0.2, 0.25) is 0 Å². The van der Waals surface area contributed by atoms with Gasteiger partial charge in [0.05, 0.1) is 19.2 Å². The summed E-state index contributed by atoms with van der Waals surface area (Å²) in [5.41, 5.74) is 0.590. The second-order valence-corrected chi connectivity index (χ2v) is 6.08. The summed E-state index contributed by atoms with van der Waals surface area (Å²) in [4.78, 5) is 22.8. The molecule has 1 aromatic carbocycles. The second-order valence-electron chi connectivity index (χ2n) is 6.08. The first-order valence-corrected chi connectivity index (χ1v) is 7.02. The van der Waals surface area contributed by atoms with Crippen molar-refractivity contribution < 1.29 is 24.2 Å². The molecule has 1 aromatic rings. The molecule has 0 aliphatic heterocycles. The molecule has 0 aromatic heterocycles. The minimum atomic E-state index is -0.897. The zero-order valence-electron chi connectivity index (χ0n) is 13.6. The molecule has 0 aliphatic carbocycles. The maximum Gasteiger partial charge on any atom is 0.412 e. The highest BCUT2D eigenvalue weighted by atomic mass is 16.6. The van der Waals surface area contributed by atoms with Crippen LogP contribution < -0.4 is 10.1 Å². The fourth-order valence-corrected chi connectivity index (χ4v) is 1.99. The summed E-state index contributed by atoms with van der Waals surface area (Å²) in [6.45, 7) is 7.10. The first-order valence-electron chi connectivity index (χ1n) is 7.02. The molecule has 0 aliphatic rings. The number of nitrogens with one attached hydrogen (secondary N) is 1. The monoisotopic (exact) mass is 309 g/mol. The molecule has 1 amide bonds. The number of benzene rings is 1. The second kappa shape index (κ2) is 7.15. The van der Waals surface area contributed by atoms with Crippen molar-refractivity contribution in [1.82, 2.24) is 0 Å². The number of carbonyl (C=O) groups excluding carboxylic acids is 1. The first kappa shape index (κ1) is 17.8. The van der Waals surface area contributed by atoms with E-state index >= 15 is 0 Å². The van der Waals surface area contributed by atoms with Crippen LogP contribution >= 0.6 is 0 Å². The average Bonchev–Trinajstić information content (AvgIpc) is 2.35. The Morgan fingerprint density at radius 3 is 2.45 bits per heavy atom. The van der Waals surface area contributed by atoms with Gasteiger partial charge in [-0.05, 0) is 38.3 Å². The molecule has 122 valence electrons. The van der Waals surface area contributed by atoms with Crippen LogP contribution in [0.4, 0.5) is 10.5 Å². The van der Waals surface area contributed by atoms with Crippen LogP contribution in [-0.2, 0) is 9.53 Å². The van der Waals surface area contributed by atoms with Crippen LogP contribution in [-0.4, -0.2) is 29.9 Å². The predicted octanol–water partition coefficient (Wildman–Crippen LogP) is 3.62. The van der Waals surface area contributed by atoms with E-state index in [1.165, 1.54) is 7.11 Å². The quantitative estimate of drug-likeness (QED) is 0.867. The Morgan fingerprint density at radius 2 is 1.95 bits per heavy atom. The summed E-state index contributed by atoms with van der Waals surface area (Å²) in [6, 6.07) is 5.13. The summed E-state index contributed by atoms with van der Waals surface area (Å²) in [5, 5.41) is 11.6. The van der Waals surface area contributed by atoms with Gasteiger partial charge >= 0.3 is 12.1 Å². The molecule has 6 heteroatoms. The van der Waals surface area contributed by atoms with Crippen molar-refractivity contribution in [2.45, 2.75) is 45.6 Å². The number of anilines is 1. The molecular formula is C16H23NO5. The molecule has 0 saturated carbocycles. The summed E-state index contributed by atoms with van der Waals surface area (Å²) in [7, 11) is 1.52. The number of carboxylic acid groups (broad SMARTS) is 1. The Balaban J connectivity index is 3.03. The van der Waals surface area contributed by atoms with Crippen LogP contribution in [0.5, 0.6) is 5.75 Å². The molecule has 0 radical (unpaired) electrons. The minimum Gasteiger partial charge on any atom is -0.497 e. The number of hydrogen-bond acceptors (Lipinski definition) is 4. The third-order valence-electron chi connectivity index (χ3n) is 2.91. The fraction of sp³-hybridized carbons (Fsp3) is 0.500. The lowest BCUT2D eigenvalue weighted by molar-refractivity contribution is -0.137. The molecule has 0 fully saturated rings. The lowest BCUT2D eigenvalue weighted by Gasteiger charge is -2.21. The molecule has 0 saturated heterocycles. The van der Waals surface area contributed by atoms with Gasteiger partial charge in [-0.25, -0.2) is 4.79 Å². The van der Waals surface area contributed by atoms with Gasteiger partial charge in [0.1, 0.15) is 11.4 Å². The first-order chi connectivity index (χ1) is 10.1. The van der Waals surface area contributed by atoms with Crippen molar-refractivity contribution in [3.63, 3.8) is 0 Å². The van der Waals surface area contributed by atoms with E-state index < -0.39 is 17.7 Å². The van der Waals surface area contributed by atoms with Crippen molar-refractivity contribution >= 4 is 17.7 Å². The van der Waals surface area contributed by atoms with E-state index in [1.807, 2.05) is 0 Å². The molecular weight excluding hydrogens is 286 g/mol. The maximum atomic E-state index is 11.9. The highest BCUT2D eigenvalue weighted by molar-refractivity contribution is 5.86. The number of carboxylic acids is 1. The van der Waals surface area contributed by atoms with Gasteiger partial charge in [0, 0.05) is 6.07 Å². The summed E-state index contributed by atoms with van der Waals surface area (Å²) >= 11 is 0. The Bertz CT molecular complexity index is 548. The van der Waals surface area contributed by atoms with Crippen molar-refractivity contribution in [2.75, 3.05) is 12.4 Å². The zero-order valence-corrected chi connectivity index (χ0v) is 13.6. The van der Waals surface area contributed by atoms with E-state index in [1.54, 1.807) is 45.9 Å². The van der Waals surface area contributed by atoms with Crippen LogP contribution in [0, 0.1) is 0 Å². The van der Waals surface area contributed by atoms with Gasteiger partial charge in [0.25, 0.3) is 0 Å². The number of hydrogen-bond donors (Lipinski definition) is 2. The van der Waals surface area contributed by atoms with Gasteiger partial charge in [-0.15, -0.1) is 0 Å². The van der Waals surface area contributed by atoms with Crippen molar-refractivity contribution in [1.29, 1.82) is 0 Å². The third-order valence-corrected chi connectivity index (χ3v) is 2.91. The lowest BCUT2D eigenvalue weighted by atomic mass is 9.96. The minimum absolute atomic E-state index is 0.0324. The number of amides is 1. The molecule has 1 unspecified atom stereocenters. The number of methoxy groups -OCH3 is 1. The molecule has 22 heavy (non-hydrogen) atoms. The molecule has 0 bridgehead atoms. The molecule has 2 N–H and O–H groups in total. The zero-order chi connectivity index (χ0) is 16.9. The van der Waals surface area contributed by atoms with Crippen LogP contribution in [0.3, 0.4) is 0 Å². The number of aliphatic carboxylic acids is 1. The van der Waals surface area contributed by atoms with E-state index in [0.29, 0.717) is 17.0 Å². The molecule has 0 spiro atoms. The molecule has 0 heterocycles. The van der Waals surface area contributed by atoms with Crippen molar-refractivity contribution in [3.8, 4) is 5.75 Å². The topological polar surface area (TPSA) is 84.9 Å². The van der Waals surface area contributed by atoms with Gasteiger partial charge in [-0.2, -0.15) is 0 Å². The molecule has 6 nitrogen and oxygen atoms in total. The number of ether oxygens (including phenoxy) is 2. The largest absolute Gasteiger partial charge is 0.497 e. The van der Waals surface area contributed by atoms with Crippen LogP contribution in [0.1, 0.15) is 45.6 Å². The van der Waals surface area contributed by atoms with Gasteiger partial charge in [0.15, 0.2) is 0 Å². The number of rotatable bonds is 5. The van der Waals surface area contributed by atoms with Gasteiger partial charge in [0.2, 0.25) is 0 Å². The fourth-order valence-electron chi connectivity index (χ4n) is 1.99. The number of carbonyl (C=O) groups is 2. The van der Waals surface area contributed by atoms with Gasteiger partial charge in [-0.3, -0.25) is 10.1 Å². The van der Waals surface area contributed by atoms with E-state index in [4.69, 9.17) is 14.6 Å². The Hall–Kier alpha value is -2.24. The molecule has 1 rings (SSSR count). The van der Waals surface area contributed by atoms with Crippen LogP contribution in [0.25, 0.3) is 0 Å². The SMILES string of the molecule is COc1ccc(C(C)CC(=O)O)c(NC(=O)OC(C)(C)C)c1. The average molecular weight is 309 g/mol. The van der Waals surface area contributed by atoms with E-state index in [-0.39, 0.29) is 12.3 Å². The normalized spacial score (nSPS) is 12.4. The highest BCUT2D eigenvalue weighted by Gasteiger charge is 2.20. The standard InChI is InChI=1S/C16H23NO5/c1-10(8-14(18)19)12-7-6-11(21-5)9-13(12)17-15(20)22-16(2,3)4/h6-7,9-10H,8H2,1-5H3,(H,17,20)(H,18,19). The van der Waals surface area contributed by atoms with E-state index in [2.05, 4.69) is 5.32 Å². The predicted molar refractivity (Wildman–Crippen MR) is 83.5 cm³/mol. The Morgan fingerprint density at radius 1 is 1.32 bits per heavy atom. The van der Waals surface area contributed by atoms with Crippen LogP contribution in [0.15, 0.2) is 18.2 Å². The summed E-state index contributed by atoms with van der Waals surface area (Å²) in [6.07, 6.45) is -0.625. The Kier molecular flexibility index (Phi) is 5.79. The van der Waals surface area contributed by atoms with Gasteiger partial charge in [-0.1, -0.05) is 13.0 Å².